The van der Waals surface area contributed by atoms with Gasteiger partial charge in [0.15, 0.2) is 0 Å². The van der Waals surface area contributed by atoms with Gasteiger partial charge >= 0.3 is 0 Å². The maximum atomic E-state index is 12.9. The zero-order chi connectivity index (χ0) is 20.1. The summed E-state index contributed by atoms with van der Waals surface area (Å²) in [5, 5.41) is 11.6. The molecule has 1 aliphatic heterocycles. The summed E-state index contributed by atoms with van der Waals surface area (Å²) in [5.74, 6) is -0.0618. The van der Waals surface area contributed by atoms with Crippen LogP contribution >= 0.6 is 0 Å². The largest absolute Gasteiger partial charge is 0.322 e. The number of amides is 3. The summed E-state index contributed by atoms with van der Waals surface area (Å²) < 4.78 is 0. The summed E-state index contributed by atoms with van der Waals surface area (Å²) in [6, 6.07) is 15.2. The van der Waals surface area contributed by atoms with Crippen LogP contribution in [-0.4, -0.2) is 17.7 Å². The van der Waals surface area contributed by atoms with Gasteiger partial charge in [0.2, 0.25) is 11.8 Å². The topological polar surface area (TPSA) is 90.3 Å². The fraction of sp³-hybridized carbons (Fsp3) is 0.304. The predicted molar refractivity (Wildman–Crippen MR) is 106 cm³/mol. The Kier molecular flexibility index (Phi) is 3.99. The lowest BCUT2D eigenvalue weighted by Crippen LogP contribution is -2.32. The molecule has 3 aliphatic rings. The first-order chi connectivity index (χ1) is 14.1. The highest BCUT2D eigenvalue weighted by Crippen LogP contribution is 2.56. The van der Waals surface area contributed by atoms with Crippen molar-refractivity contribution in [3.05, 3.63) is 59.7 Å². The second kappa shape index (κ2) is 6.56. The van der Waals surface area contributed by atoms with Crippen LogP contribution in [0.4, 0.5) is 11.4 Å². The zero-order valence-corrected chi connectivity index (χ0v) is 15.7. The molecule has 1 saturated heterocycles. The molecular formula is C23H19N3O3. The van der Waals surface area contributed by atoms with Crippen LogP contribution in [0.15, 0.2) is 48.5 Å². The molecular weight excluding hydrogens is 366 g/mol. The van der Waals surface area contributed by atoms with Gasteiger partial charge in [-0.3, -0.25) is 19.3 Å². The number of nitrogens with one attached hydrogen (secondary N) is 1. The number of anilines is 2. The number of nitriles is 1. The highest BCUT2D eigenvalue weighted by Gasteiger charge is 2.61. The van der Waals surface area contributed by atoms with Crippen LogP contribution in [-0.2, 0) is 9.59 Å². The Labute approximate surface area is 168 Å². The van der Waals surface area contributed by atoms with Crippen molar-refractivity contribution < 1.29 is 14.4 Å². The van der Waals surface area contributed by atoms with Gasteiger partial charge in [0.25, 0.3) is 5.91 Å². The summed E-state index contributed by atoms with van der Waals surface area (Å²) in [5.41, 5.74) is 2.07. The van der Waals surface area contributed by atoms with Gasteiger partial charge in [-0.1, -0.05) is 0 Å². The number of hydrogen-bond acceptors (Lipinski definition) is 4. The van der Waals surface area contributed by atoms with E-state index in [4.69, 9.17) is 5.26 Å². The molecule has 3 amide bonds. The molecule has 1 N–H and O–H groups in total. The third-order valence-corrected chi connectivity index (χ3v) is 6.59. The van der Waals surface area contributed by atoms with Crippen molar-refractivity contribution in [2.45, 2.75) is 19.3 Å². The minimum absolute atomic E-state index is 0.0815. The average molecular weight is 385 g/mol. The SMILES string of the molecule is N#Cc1ccc(NC(=O)c2ccc(N3C(=O)[C@@H]4[C@@H]5CC[C@@H](C5)[C@@H]4C3=O)cc2)cc1. The smallest absolute Gasteiger partial charge is 0.255 e. The van der Waals surface area contributed by atoms with Gasteiger partial charge in [0, 0.05) is 11.3 Å². The first kappa shape index (κ1) is 17.6. The van der Waals surface area contributed by atoms with Gasteiger partial charge < -0.3 is 5.32 Å². The number of rotatable bonds is 3. The molecule has 2 saturated carbocycles. The lowest BCUT2D eigenvalue weighted by atomic mass is 9.81. The Hall–Kier alpha value is -3.46. The van der Waals surface area contributed by atoms with E-state index in [2.05, 4.69) is 5.32 Å². The van der Waals surface area contributed by atoms with E-state index in [9.17, 15) is 14.4 Å². The van der Waals surface area contributed by atoms with Crippen molar-refractivity contribution in [1.29, 1.82) is 5.26 Å². The van der Waals surface area contributed by atoms with Gasteiger partial charge in [-0.05, 0) is 79.6 Å². The maximum Gasteiger partial charge on any atom is 0.255 e. The third kappa shape index (κ3) is 2.73. The minimum atomic E-state index is -0.296. The molecule has 5 rings (SSSR count). The molecule has 2 aromatic rings. The van der Waals surface area contributed by atoms with Gasteiger partial charge in [0.1, 0.15) is 0 Å². The lowest BCUT2D eigenvalue weighted by Gasteiger charge is -2.19. The number of carbonyl (C=O) groups excluding carboxylic acids is 3. The molecule has 0 radical (unpaired) electrons. The Morgan fingerprint density at radius 3 is 2.07 bits per heavy atom. The molecule has 144 valence electrons. The summed E-state index contributed by atoms with van der Waals surface area (Å²) in [6.45, 7) is 0. The quantitative estimate of drug-likeness (QED) is 0.821. The monoisotopic (exact) mass is 385 g/mol. The van der Waals surface area contributed by atoms with E-state index < -0.39 is 0 Å². The van der Waals surface area contributed by atoms with E-state index in [1.165, 1.54) is 4.90 Å². The van der Waals surface area contributed by atoms with Crippen LogP contribution in [0.2, 0.25) is 0 Å². The second-order valence-electron chi connectivity index (χ2n) is 8.09. The molecule has 0 spiro atoms. The van der Waals surface area contributed by atoms with Crippen LogP contribution in [0.1, 0.15) is 35.2 Å². The van der Waals surface area contributed by atoms with Crippen molar-refractivity contribution in [3.8, 4) is 6.07 Å². The van der Waals surface area contributed by atoms with E-state index in [0.29, 0.717) is 34.3 Å². The Morgan fingerprint density at radius 2 is 1.52 bits per heavy atom. The summed E-state index contributed by atoms with van der Waals surface area (Å²) in [4.78, 5) is 39.6. The van der Waals surface area contributed by atoms with Crippen LogP contribution in [0.3, 0.4) is 0 Å². The molecule has 0 unspecified atom stereocenters. The van der Waals surface area contributed by atoms with Crippen molar-refractivity contribution >= 4 is 29.1 Å². The molecule has 2 bridgehead atoms. The van der Waals surface area contributed by atoms with Crippen molar-refractivity contribution in [1.82, 2.24) is 0 Å². The fourth-order valence-electron chi connectivity index (χ4n) is 5.26. The van der Waals surface area contributed by atoms with E-state index in [-0.39, 0.29) is 29.6 Å². The number of hydrogen-bond donors (Lipinski definition) is 1. The number of fused-ring (bicyclic) bond motifs is 5. The number of imide groups is 1. The first-order valence-electron chi connectivity index (χ1n) is 9.86. The molecule has 0 aromatic heterocycles. The Balaban J connectivity index is 1.32. The molecule has 3 fully saturated rings. The van der Waals surface area contributed by atoms with E-state index in [1.807, 2.05) is 6.07 Å². The molecule has 29 heavy (non-hydrogen) atoms. The molecule has 6 heteroatoms. The normalized spacial score (nSPS) is 27.1. The first-order valence-corrected chi connectivity index (χ1v) is 9.86. The van der Waals surface area contributed by atoms with Crippen LogP contribution in [0.5, 0.6) is 0 Å². The highest BCUT2D eigenvalue weighted by atomic mass is 16.2. The van der Waals surface area contributed by atoms with E-state index in [1.54, 1.807) is 48.5 Å². The van der Waals surface area contributed by atoms with Crippen molar-refractivity contribution in [2.24, 2.45) is 23.7 Å². The zero-order valence-electron chi connectivity index (χ0n) is 15.7. The van der Waals surface area contributed by atoms with Gasteiger partial charge in [-0.15, -0.1) is 0 Å². The van der Waals surface area contributed by atoms with E-state index in [0.717, 1.165) is 19.3 Å². The van der Waals surface area contributed by atoms with Crippen molar-refractivity contribution in [3.63, 3.8) is 0 Å². The molecule has 6 nitrogen and oxygen atoms in total. The molecule has 1 heterocycles. The summed E-state index contributed by atoms with van der Waals surface area (Å²) in [7, 11) is 0. The van der Waals surface area contributed by atoms with Crippen LogP contribution in [0, 0.1) is 35.0 Å². The molecule has 4 atom stereocenters. The Morgan fingerprint density at radius 1 is 0.931 bits per heavy atom. The highest BCUT2D eigenvalue weighted by molar-refractivity contribution is 6.22. The van der Waals surface area contributed by atoms with Gasteiger partial charge in [-0.2, -0.15) is 5.26 Å². The number of nitrogens with zero attached hydrogens (tertiary/aromatic N) is 2. The summed E-state index contributed by atoms with van der Waals surface area (Å²) >= 11 is 0. The standard InChI is InChI=1S/C23H19N3O3/c24-12-13-1-7-17(8-2-13)25-21(27)14-5-9-18(10-6-14)26-22(28)19-15-3-4-16(11-15)20(19)23(26)29/h1-2,5-10,15-16,19-20H,3-4,11H2,(H,25,27)/t15-,16+,19-,20+. The van der Waals surface area contributed by atoms with Crippen LogP contribution in [0.25, 0.3) is 0 Å². The second-order valence-corrected chi connectivity index (χ2v) is 8.09. The van der Waals surface area contributed by atoms with Crippen LogP contribution < -0.4 is 10.2 Å². The minimum Gasteiger partial charge on any atom is -0.322 e. The average Bonchev–Trinajstić information content (AvgIpc) is 3.42. The summed E-state index contributed by atoms with van der Waals surface area (Å²) in [6.07, 6.45) is 3.11. The third-order valence-electron chi connectivity index (χ3n) is 6.59. The lowest BCUT2D eigenvalue weighted by molar-refractivity contribution is -0.123. The molecule has 2 aromatic carbocycles. The number of benzene rings is 2. The number of carbonyl (C=O) groups is 3. The molecule has 2 aliphatic carbocycles. The maximum absolute atomic E-state index is 12.9. The van der Waals surface area contributed by atoms with Gasteiger partial charge in [0.05, 0.1) is 29.2 Å². The van der Waals surface area contributed by atoms with Crippen molar-refractivity contribution in [2.75, 3.05) is 10.2 Å². The van der Waals surface area contributed by atoms with Gasteiger partial charge in [-0.25, -0.2) is 0 Å². The van der Waals surface area contributed by atoms with E-state index >= 15 is 0 Å². The fourth-order valence-corrected chi connectivity index (χ4v) is 5.26. The predicted octanol–water partition coefficient (Wildman–Crippen LogP) is 3.35. The Bertz CT molecular complexity index is 1020.